The van der Waals surface area contributed by atoms with E-state index in [9.17, 15) is 4.79 Å². The zero-order valence-electron chi connectivity index (χ0n) is 17.4. The Kier molecular flexibility index (Phi) is 6.16. The molecule has 3 aromatic rings. The number of thiazole rings is 1. The van der Waals surface area contributed by atoms with E-state index in [0.29, 0.717) is 28.6 Å². The fourth-order valence-electron chi connectivity index (χ4n) is 3.80. The van der Waals surface area contributed by atoms with Crippen molar-refractivity contribution in [1.82, 2.24) is 9.88 Å². The maximum atomic E-state index is 13.3. The van der Waals surface area contributed by atoms with Crippen LogP contribution < -0.4 is 9.47 Å². The molecule has 0 bridgehead atoms. The number of halogens is 1. The van der Waals surface area contributed by atoms with E-state index in [1.807, 2.05) is 36.9 Å². The van der Waals surface area contributed by atoms with E-state index in [2.05, 4.69) is 6.07 Å². The lowest BCUT2D eigenvalue weighted by Crippen LogP contribution is -2.39. The van der Waals surface area contributed by atoms with Gasteiger partial charge in [0.1, 0.15) is 0 Å². The number of amides is 1. The number of carbonyl (C=O) groups excluding carboxylic acids is 1. The van der Waals surface area contributed by atoms with Crippen LogP contribution in [0.15, 0.2) is 36.4 Å². The number of aromatic nitrogens is 1. The number of carbonyl (C=O) groups is 1. The minimum absolute atomic E-state index is 0.0443. The average Bonchev–Trinajstić information content (AvgIpc) is 3.18. The first kappa shape index (κ1) is 20.9. The zero-order valence-corrected chi connectivity index (χ0v) is 18.9. The summed E-state index contributed by atoms with van der Waals surface area (Å²) in [6.45, 7) is 5.22. The van der Waals surface area contributed by atoms with E-state index >= 15 is 0 Å². The highest BCUT2D eigenvalue weighted by Crippen LogP contribution is 2.38. The molecule has 2 aromatic carbocycles. The highest BCUT2D eigenvalue weighted by atomic mass is 35.5. The molecule has 30 heavy (non-hydrogen) atoms. The second-order valence-electron chi connectivity index (χ2n) is 7.77. The van der Waals surface area contributed by atoms with E-state index in [1.54, 1.807) is 30.6 Å². The normalized spacial score (nSPS) is 16.8. The number of methoxy groups -OCH3 is 1. The first-order valence-corrected chi connectivity index (χ1v) is 11.3. The number of hydrogen-bond donors (Lipinski definition) is 0. The van der Waals surface area contributed by atoms with Crippen molar-refractivity contribution in [2.24, 2.45) is 0 Å². The molecule has 0 N–H and O–H groups in total. The number of para-hydroxylation sites is 1. The average molecular weight is 445 g/mol. The van der Waals surface area contributed by atoms with E-state index < -0.39 is 0 Å². The number of rotatable bonds is 5. The lowest BCUT2D eigenvalue weighted by atomic mass is 9.98. The molecule has 2 heterocycles. The van der Waals surface area contributed by atoms with Gasteiger partial charge < -0.3 is 14.4 Å². The van der Waals surface area contributed by atoms with Crippen LogP contribution in [0.4, 0.5) is 0 Å². The van der Waals surface area contributed by atoms with Gasteiger partial charge in [-0.05, 0) is 51.0 Å². The number of hydrogen-bond acceptors (Lipinski definition) is 5. The first-order valence-electron chi connectivity index (χ1n) is 10.1. The molecule has 1 aromatic heterocycles. The van der Waals surface area contributed by atoms with Gasteiger partial charge in [-0.25, -0.2) is 4.98 Å². The molecule has 0 spiro atoms. The summed E-state index contributed by atoms with van der Waals surface area (Å²) in [5.41, 5.74) is 1.54. The third-order valence-electron chi connectivity index (χ3n) is 5.20. The largest absolute Gasteiger partial charge is 0.493 e. The Morgan fingerprint density at radius 2 is 2.10 bits per heavy atom. The van der Waals surface area contributed by atoms with Gasteiger partial charge in [0.05, 0.1) is 33.5 Å². The van der Waals surface area contributed by atoms with Crippen LogP contribution in [0.2, 0.25) is 5.02 Å². The molecular weight excluding hydrogens is 420 g/mol. The van der Waals surface area contributed by atoms with Crippen molar-refractivity contribution in [3.8, 4) is 11.5 Å². The molecule has 0 radical (unpaired) electrons. The van der Waals surface area contributed by atoms with Crippen LogP contribution >= 0.6 is 22.9 Å². The summed E-state index contributed by atoms with van der Waals surface area (Å²) >= 11 is 8.15. The minimum atomic E-state index is -0.0467. The molecule has 1 aliphatic heterocycles. The number of fused-ring (bicyclic) bond motifs is 1. The quantitative estimate of drug-likeness (QED) is 0.501. The van der Waals surface area contributed by atoms with Crippen molar-refractivity contribution < 1.29 is 14.3 Å². The van der Waals surface area contributed by atoms with Crippen molar-refractivity contribution in [2.75, 3.05) is 20.2 Å². The molecule has 0 unspecified atom stereocenters. The van der Waals surface area contributed by atoms with E-state index in [-0.39, 0.29) is 17.9 Å². The summed E-state index contributed by atoms with van der Waals surface area (Å²) < 4.78 is 12.4. The second-order valence-corrected chi connectivity index (χ2v) is 9.24. The summed E-state index contributed by atoms with van der Waals surface area (Å²) in [4.78, 5) is 20.0. The van der Waals surface area contributed by atoms with Gasteiger partial charge in [-0.1, -0.05) is 23.7 Å². The molecule has 1 amide bonds. The van der Waals surface area contributed by atoms with E-state index in [0.717, 1.165) is 29.9 Å². The predicted molar refractivity (Wildman–Crippen MR) is 121 cm³/mol. The molecule has 7 heteroatoms. The van der Waals surface area contributed by atoms with Gasteiger partial charge in [0, 0.05) is 24.6 Å². The van der Waals surface area contributed by atoms with Crippen LogP contribution in [0.1, 0.15) is 48.0 Å². The Morgan fingerprint density at radius 3 is 2.83 bits per heavy atom. The second kappa shape index (κ2) is 8.82. The predicted octanol–water partition coefficient (Wildman–Crippen LogP) is 5.77. The lowest BCUT2D eigenvalue weighted by molar-refractivity contribution is 0.0706. The van der Waals surface area contributed by atoms with Gasteiger partial charge in [-0.15, -0.1) is 11.3 Å². The van der Waals surface area contributed by atoms with Crippen LogP contribution in [0.5, 0.6) is 11.5 Å². The van der Waals surface area contributed by atoms with Gasteiger partial charge in [0.25, 0.3) is 5.91 Å². The van der Waals surface area contributed by atoms with E-state index in [1.165, 1.54) is 4.70 Å². The van der Waals surface area contributed by atoms with Crippen molar-refractivity contribution >= 4 is 39.1 Å². The standard InChI is InChI=1S/C23H25ClN2O3S/c1-14(2)29-21-17(24)11-16(12-19(21)28-3)23(27)26-10-6-7-15(13-26)22-25-18-8-4-5-9-20(18)30-22/h4-5,8-9,11-12,14-15H,6-7,10,13H2,1-3H3/t15-/m1/s1. The Morgan fingerprint density at radius 1 is 1.30 bits per heavy atom. The number of benzene rings is 2. The van der Waals surface area contributed by atoms with E-state index in [4.69, 9.17) is 26.1 Å². The Balaban J connectivity index is 1.56. The van der Waals surface area contributed by atoms with Gasteiger partial charge in [-0.2, -0.15) is 0 Å². The van der Waals surface area contributed by atoms with Gasteiger partial charge in [-0.3, -0.25) is 4.79 Å². The SMILES string of the molecule is COc1cc(C(=O)N2CCC[C@@H](c3nc4ccccc4s3)C2)cc(Cl)c1OC(C)C. The topological polar surface area (TPSA) is 51.7 Å². The Bertz CT molecular complexity index is 1030. The number of nitrogens with zero attached hydrogens (tertiary/aromatic N) is 2. The maximum Gasteiger partial charge on any atom is 0.254 e. The Labute approximate surface area is 185 Å². The minimum Gasteiger partial charge on any atom is -0.493 e. The summed E-state index contributed by atoms with van der Waals surface area (Å²) in [7, 11) is 1.55. The monoisotopic (exact) mass is 444 g/mol. The molecule has 1 atom stereocenters. The molecule has 158 valence electrons. The van der Waals surface area contributed by atoms with Gasteiger partial charge in [0.15, 0.2) is 11.5 Å². The maximum absolute atomic E-state index is 13.3. The molecule has 5 nitrogen and oxygen atoms in total. The lowest BCUT2D eigenvalue weighted by Gasteiger charge is -2.32. The summed E-state index contributed by atoms with van der Waals surface area (Å²) in [6, 6.07) is 11.6. The van der Waals surface area contributed by atoms with Crippen LogP contribution in [0.3, 0.4) is 0 Å². The third kappa shape index (κ3) is 4.25. The van der Waals surface area contributed by atoms with Crippen molar-refractivity contribution in [2.45, 2.75) is 38.7 Å². The number of piperidine rings is 1. The number of likely N-dealkylation sites (tertiary alicyclic amines) is 1. The molecule has 1 fully saturated rings. The molecular formula is C23H25ClN2O3S. The summed E-state index contributed by atoms with van der Waals surface area (Å²) in [5, 5.41) is 1.48. The van der Waals surface area contributed by atoms with Crippen molar-refractivity contribution in [3.05, 3.63) is 52.0 Å². The number of ether oxygens (including phenoxy) is 2. The highest BCUT2D eigenvalue weighted by molar-refractivity contribution is 7.18. The van der Waals surface area contributed by atoms with Crippen LogP contribution in [0.25, 0.3) is 10.2 Å². The van der Waals surface area contributed by atoms with Crippen molar-refractivity contribution in [3.63, 3.8) is 0 Å². The van der Waals surface area contributed by atoms with Gasteiger partial charge >= 0.3 is 0 Å². The fourth-order valence-corrected chi connectivity index (χ4v) is 5.15. The van der Waals surface area contributed by atoms with Crippen LogP contribution in [0, 0.1) is 0 Å². The van der Waals surface area contributed by atoms with Crippen LogP contribution in [-0.2, 0) is 0 Å². The molecule has 1 saturated heterocycles. The first-order chi connectivity index (χ1) is 14.5. The van der Waals surface area contributed by atoms with Gasteiger partial charge in [0.2, 0.25) is 0 Å². The summed E-state index contributed by atoms with van der Waals surface area (Å²) in [6.07, 6.45) is 1.94. The van der Waals surface area contributed by atoms with Crippen LogP contribution in [-0.4, -0.2) is 42.1 Å². The smallest absolute Gasteiger partial charge is 0.254 e. The molecule has 4 rings (SSSR count). The molecule has 1 aliphatic rings. The fraction of sp³-hybridized carbons (Fsp3) is 0.391. The third-order valence-corrected chi connectivity index (χ3v) is 6.68. The molecule has 0 aliphatic carbocycles. The van der Waals surface area contributed by atoms with Crippen molar-refractivity contribution in [1.29, 1.82) is 0 Å². The zero-order chi connectivity index (χ0) is 21.3. The summed E-state index contributed by atoms with van der Waals surface area (Å²) in [5.74, 6) is 1.15. The Hall–Kier alpha value is -2.31. The highest BCUT2D eigenvalue weighted by Gasteiger charge is 2.28. The molecule has 0 saturated carbocycles.